The standard InChI is InChI=1S/C10H11N3O3/c1-2-16-7-12-10-5-9(13(14)15)4-3-8(10)6-11-12/h3-6H,2,7H2,1H3. The Balaban J connectivity index is 2.43. The fraction of sp³-hybridized carbons (Fsp3) is 0.300. The lowest BCUT2D eigenvalue weighted by molar-refractivity contribution is -0.384. The van der Waals surface area contributed by atoms with E-state index in [4.69, 9.17) is 4.74 Å². The molecule has 6 heteroatoms. The maximum atomic E-state index is 10.6. The Morgan fingerprint density at radius 2 is 2.38 bits per heavy atom. The molecule has 2 aromatic rings. The van der Waals surface area contributed by atoms with Crippen LogP contribution in [0.25, 0.3) is 10.9 Å². The van der Waals surface area contributed by atoms with Gasteiger partial charge in [-0.05, 0) is 13.0 Å². The molecule has 0 aliphatic carbocycles. The van der Waals surface area contributed by atoms with E-state index < -0.39 is 4.92 Å². The van der Waals surface area contributed by atoms with Crippen LogP contribution in [0.2, 0.25) is 0 Å². The molecule has 0 aliphatic rings. The average molecular weight is 221 g/mol. The minimum absolute atomic E-state index is 0.0609. The number of hydrogen-bond donors (Lipinski definition) is 0. The third-order valence-corrected chi connectivity index (χ3v) is 2.26. The summed E-state index contributed by atoms with van der Waals surface area (Å²) in [6.07, 6.45) is 1.66. The Kier molecular flexibility index (Phi) is 2.82. The molecule has 1 aromatic carbocycles. The topological polar surface area (TPSA) is 70.2 Å². The van der Waals surface area contributed by atoms with Crippen LogP contribution in [-0.2, 0) is 11.5 Å². The van der Waals surface area contributed by atoms with Crippen LogP contribution in [0.5, 0.6) is 0 Å². The van der Waals surface area contributed by atoms with E-state index >= 15 is 0 Å². The van der Waals surface area contributed by atoms with Crippen molar-refractivity contribution in [2.24, 2.45) is 0 Å². The van der Waals surface area contributed by atoms with Crippen molar-refractivity contribution in [3.63, 3.8) is 0 Å². The first kappa shape index (κ1) is 10.6. The van der Waals surface area contributed by atoms with E-state index in [1.807, 2.05) is 6.92 Å². The third kappa shape index (κ3) is 1.87. The highest BCUT2D eigenvalue weighted by Gasteiger charge is 2.09. The van der Waals surface area contributed by atoms with E-state index in [9.17, 15) is 10.1 Å². The minimum atomic E-state index is -0.419. The number of non-ortho nitro benzene ring substituents is 1. The molecule has 6 nitrogen and oxygen atoms in total. The number of rotatable bonds is 4. The van der Waals surface area contributed by atoms with E-state index in [2.05, 4.69) is 5.10 Å². The monoisotopic (exact) mass is 221 g/mol. The number of aromatic nitrogens is 2. The van der Waals surface area contributed by atoms with Crippen molar-refractivity contribution < 1.29 is 9.66 Å². The second-order valence-electron chi connectivity index (χ2n) is 3.27. The van der Waals surface area contributed by atoms with Gasteiger partial charge in [0.15, 0.2) is 0 Å². The number of hydrogen-bond acceptors (Lipinski definition) is 4. The molecular weight excluding hydrogens is 210 g/mol. The second kappa shape index (κ2) is 4.28. The fourth-order valence-electron chi connectivity index (χ4n) is 1.45. The molecule has 0 radical (unpaired) electrons. The lowest BCUT2D eigenvalue weighted by Gasteiger charge is -2.02. The number of benzene rings is 1. The molecule has 16 heavy (non-hydrogen) atoms. The molecule has 0 spiro atoms. The van der Waals surface area contributed by atoms with Gasteiger partial charge in [0.05, 0.1) is 16.6 Å². The quantitative estimate of drug-likeness (QED) is 0.584. The van der Waals surface area contributed by atoms with Crippen LogP contribution in [0, 0.1) is 10.1 Å². The summed E-state index contributed by atoms with van der Waals surface area (Å²) in [5.74, 6) is 0. The minimum Gasteiger partial charge on any atom is -0.360 e. The summed E-state index contributed by atoms with van der Waals surface area (Å²) in [4.78, 5) is 10.2. The van der Waals surface area contributed by atoms with Crippen molar-refractivity contribution in [1.82, 2.24) is 9.78 Å². The van der Waals surface area contributed by atoms with Crippen molar-refractivity contribution in [1.29, 1.82) is 0 Å². The molecule has 0 saturated carbocycles. The maximum absolute atomic E-state index is 10.6. The molecule has 0 bridgehead atoms. The largest absolute Gasteiger partial charge is 0.360 e. The SMILES string of the molecule is CCOCn1ncc2ccc([N+](=O)[O-])cc21. The second-order valence-corrected chi connectivity index (χ2v) is 3.27. The average Bonchev–Trinajstić information content (AvgIpc) is 2.68. The summed E-state index contributed by atoms with van der Waals surface area (Å²) >= 11 is 0. The van der Waals surface area contributed by atoms with E-state index in [-0.39, 0.29) is 5.69 Å². The van der Waals surface area contributed by atoms with Gasteiger partial charge in [-0.3, -0.25) is 10.1 Å². The summed E-state index contributed by atoms with van der Waals surface area (Å²) in [7, 11) is 0. The Hall–Kier alpha value is -1.95. The van der Waals surface area contributed by atoms with Crippen molar-refractivity contribution in [3.05, 3.63) is 34.5 Å². The zero-order valence-electron chi connectivity index (χ0n) is 8.79. The van der Waals surface area contributed by atoms with Crippen LogP contribution in [-0.4, -0.2) is 21.3 Å². The molecule has 1 aromatic heterocycles. The first-order chi connectivity index (χ1) is 7.72. The lowest BCUT2D eigenvalue weighted by Crippen LogP contribution is -2.03. The van der Waals surface area contributed by atoms with Gasteiger partial charge in [0.1, 0.15) is 6.73 Å². The van der Waals surface area contributed by atoms with Crippen molar-refractivity contribution in [2.45, 2.75) is 13.7 Å². The molecule has 0 N–H and O–H groups in total. The van der Waals surface area contributed by atoms with Gasteiger partial charge >= 0.3 is 0 Å². The van der Waals surface area contributed by atoms with Crippen LogP contribution in [0.3, 0.4) is 0 Å². The van der Waals surface area contributed by atoms with E-state index in [0.717, 1.165) is 5.39 Å². The van der Waals surface area contributed by atoms with Crippen molar-refractivity contribution in [3.8, 4) is 0 Å². The molecule has 0 unspecified atom stereocenters. The zero-order valence-corrected chi connectivity index (χ0v) is 8.79. The number of nitro groups is 1. The predicted molar refractivity (Wildman–Crippen MR) is 58.0 cm³/mol. The van der Waals surface area contributed by atoms with E-state index in [1.54, 1.807) is 16.9 Å². The Bertz CT molecular complexity index is 521. The van der Waals surface area contributed by atoms with Gasteiger partial charge < -0.3 is 4.74 Å². The number of ether oxygens (including phenoxy) is 1. The van der Waals surface area contributed by atoms with Gasteiger partial charge in [0.25, 0.3) is 5.69 Å². The van der Waals surface area contributed by atoms with Crippen molar-refractivity contribution >= 4 is 16.6 Å². The van der Waals surface area contributed by atoms with Gasteiger partial charge in [-0.2, -0.15) is 5.10 Å². The van der Waals surface area contributed by atoms with Crippen LogP contribution in [0.15, 0.2) is 24.4 Å². The molecular formula is C10H11N3O3. The highest BCUT2D eigenvalue weighted by atomic mass is 16.6. The first-order valence-electron chi connectivity index (χ1n) is 4.90. The van der Waals surface area contributed by atoms with Gasteiger partial charge in [-0.25, -0.2) is 4.68 Å². The predicted octanol–water partition coefficient (Wildman–Crippen LogP) is 1.94. The van der Waals surface area contributed by atoms with Crippen LogP contribution < -0.4 is 0 Å². The van der Waals surface area contributed by atoms with Gasteiger partial charge in [-0.1, -0.05) is 0 Å². The fourth-order valence-corrected chi connectivity index (χ4v) is 1.45. The maximum Gasteiger partial charge on any atom is 0.271 e. The molecule has 1 heterocycles. The molecule has 0 amide bonds. The van der Waals surface area contributed by atoms with E-state index in [0.29, 0.717) is 18.9 Å². The first-order valence-corrected chi connectivity index (χ1v) is 4.90. The summed E-state index contributed by atoms with van der Waals surface area (Å²) in [5.41, 5.74) is 0.772. The Morgan fingerprint density at radius 3 is 3.06 bits per heavy atom. The van der Waals surface area contributed by atoms with Crippen LogP contribution in [0.1, 0.15) is 6.92 Å². The van der Waals surface area contributed by atoms with Gasteiger partial charge in [-0.15, -0.1) is 0 Å². The van der Waals surface area contributed by atoms with Gasteiger partial charge in [0, 0.05) is 24.1 Å². The zero-order chi connectivity index (χ0) is 11.5. The molecule has 0 aliphatic heterocycles. The Morgan fingerprint density at radius 1 is 1.56 bits per heavy atom. The van der Waals surface area contributed by atoms with Crippen LogP contribution >= 0.6 is 0 Å². The summed E-state index contributed by atoms with van der Waals surface area (Å²) in [5, 5.41) is 15.6. The number of nitro benzene ring substituents is 1. The summed E-state index contributed by atoms with van der Waals surface area (Å²) in [6.45, 7) is 2.77. The van der Waals surface area contributed by atoms with Crippen molar-refractivity contribution in [2.75, 3.05) is 6.61 Å². The lowest BCUT2D eigenvalue weighted by atomic mass is 10.2. The molecule has 0 atom stereocenters. The van der Waals surface area contributed by atoms with Crippen LogP contribution in [0.4, 0.5) is 5.69 Å². The van der Waals surface area contributed by atoms with Gasteiger partial charge in [0.2, 0.25) is 0 Å². The normalized spacial score (nSPS) is 10.8. The molecule has 2 rings (SSSR count). The molecule has 84 valence electrons. The smallest absolute Gasteiger partial charge is 0.271 e. The highest BCUT2D eigenvalue weighted by molar-refractivity contribution is 5.80. The Labute approximate surface area is 91.6 Å². The molecule has 0 fully saturated rings. The molecule has 0 saturated heterocycles. The number of fused-ring (bicyclic) bond motifs is 1. The summed E-state index contributed by atoms with van der Waals surface area (Å²) < 4.78 is 6.82. The highest BCUT2D eigenvalue weighted by Crippen LogP contribution is 2.20. The third-order valence-electron chi connectivity index (χ3n) is 2.26. The summed E-state index contributed by atoms with van der Waals surface area (Å²) in [6, 6.07) is 4.65. The van der Waals surface area contributed by atoms with E-state index in [1.165, 1.54) is 12.1 Å². The number of nitrogens with zero attached hydrogens (tertiary/aromatic N) is 3.